The van der Waals surface area contributed by atoms with E-state index in [4.69, 9.17) is 18.0 Å². The Morgan fingerprint density at radius 2 is 2.27 bits per heavy atom. The lowest BCUT2D eigenvalue weighted by Crippen LogP contribution is -2.14. The van der Waals surface area contributed by atoms with Crippen molar-refractivity contribution in [1.82, 2.24) is 0 Å². The summed E-state index contributed by atoms with van der Waals surface area (Å²) in [6.45, 7) is 3.07. The summed E-state index contributed by atoms with van der Waals surface area (Å²) < 4.78 is 0. The molecule has 3 N–H and O–H groups in total. The van der Waals surface area contributed by atoms with Crippen molar-refractivity contribution in [2.75, 3.05) is 18.1 Å². The quantitative estimate of drug-likeness (QED) is 0.613. The summed E-state index contributed by atoms with van der Waals surface area (Å²) in [5.41, 5.74) is 7.75. The van der Waals surface area contributed by atoms with E-state index in [0.717, 1.165) is 29.1 Å². The second-order valence-corrected chi connectivity index (χ2v) is 4.46. The molecule has 4 heteroatoms. The molecule has 82 valence electrons. The van der Waals surface area contributed by atoms with Gasteiger partial charge in [-0.1, -0.05) is 25.2 Å². The number of anilines is 1. The minimum atomic E-state index is 0.457. The van der Waals surface area contributed by atoms with E-state index >= 15 is 0 Å². The summed E-state index contributed by atoms with van der Waals surface area (Å²) in [4.78, 5) is 1.59. The van der Waals surface area contributed by atoms with Gasteiger partial charge in [0.1, 0.15) is 4.99 Å². The normalized spacial score (nSPS) is 10.0. The summed E-state index contributed by atoms with van der Waals surface area (Å²) in [5.74, 6) is 0. The van der Waals surface area contributed by atoms with Gasteiger partial charge in [0.05, 0.1) is 0 Å². The Bertz CT molecular complexity index is 350. The molecular formula is C11H16N2S2. The first kappa shape index (κ1) is 12.3. The van der Waals surface area contributed by atoms with Gasteiger partial charge in [-0.3, -0.25) is 0 Å². The van der Waals surface area contributed by atoms with Gasteiger partial charge in [-0.15, -0.1) is 11.8 Å². The van der Waals surface area contributed by atoms with Crippen molar-refractivity contribution in [2.24, 2.45) is 5.73 Å². The van der Waals surface area contributed by atoms with Crippen LogP contribution in [0.25, 0.3) is 0 Å². The highest BCUT2D eigenvalue weighted by Gasteiger charge is 2.09. The van der Waals surface area contributed by atoms with Crippen LogP contribution in [-0.4, -0.2) is 17.8 Å². The van der Waals surface area contributed by atoms with Crippen LogP contribution in [-0.2, 0) is 0 Å². The second kappa shape index (κ2) is 5.98. The number of thiocarbonyl (C=S) groups is 1. The first-order chi connectivity index (χ1) is 7.20. The molecule has 0 aliphatic heterocycles. The third-order valence-electron chi connectivity index (χ3n) is 2.06. The van der Waals surface area contributed by atoms with Gasteiger partial charge in [0.2, 0.25) is 0 Å². The lowest BCUT2D eigenvalue weighted by Gasteiger charge is -2.13. The molecular weight excluding hydrogens is 224 g/mol. The van der Waals surface area contributed by atoms with Crippen LogP contribution in [0.1, 0.15) is 18.9 Å². The zero-order valence-electron chi connectivity index (χ0n) is 9.04. The number of nitrogens with two attached hydrogens (primary N) is 1. The minimum absolute atomic E-state index is 0.457. The number of benzene rings is 1. The third kappa shape index (κ3) is 3.11. The Balaban J connectivity index is 3.07. The van der Waals surface area contributed by atoms with E-state index in [1.54, 1.807) is 11.8 Å². The van der Waals surface area contributed by atoms with Crippen LogP contribution in [0.15, 0.2) is 23.1 Å². The molecule has 0 aliphatic rings. The lowest BCUT2D eigenvalue weighted by molar-refractivity contribution is 0.978. The Morgan fingerprint density at radius 1 is 1.53 bits per heavy atom. The number of hydrogen-bond acceptors (Lipinski definition) is 3. The van der Waals surface area contributed by atoms with Gasteiger partial charge in [0.25, 0.3) is 0 Å². The Hall–Kier alpha value is -0.740. The Morgan fingerprint density at radius 3 is 2.80 bits per heavy atom. The van der Waals surface area contributed by atoms with Crippen LogP contribution in [0.4, 0.5) is 5.69 Å². The molecule has 0 fully saturated rings. The Kier molecular flexibility index (Phi) is 4.91. The molecule has 15 heavy (non-hydrogen) atoms. The average Bonchev–Trinajstić information content (AvgIpc) is 2.25. The lowest BCUT2D eigenvalue weighted by atomic mass is 10.1. The maximum absolute atomic E-state index is 5.74. The monoisotopic (exact) mass is 240 g/mol. The van der Waals surface area contributed by atoms with Gasteiger partial charge in [-0.25, -0.2) is 0 Å². The van der Waals surface area contributed by atoms with Gasteiger partial charge >= 0.3 is 0 Å². The molecule has 0 heterocycles. The zero-order valence-corrected chi connectivity index (χ0v) is 10.7. The van der Waals surface area contributed by atoms with Crippen molar-refractivity contribution in [3.05, 3.63) is 23.8 Å². The van der Waals surface area contributed by atoms with Crippen molar-refractivity contribution >= 4 is 34.7 Å². The predicted octanol–water partition coefficient (Wildman–Crippen LogP) is 2.86. The summed E-state index contributed by atoms with van der Waals surface area (Å²) in [7, 11) is 0. The molecule has 0 saturated carbocycles. The van der Waals surface area contributed by atoms with Crippen molar-refractivity contribution in [1.29, 1.82) is 0 Å². The maximum atomic E-state index is 5.74. The van der Waals surface area contributed by atoms with Crippen molar-refractivity contribution < 1.29 is 0 Å². The summed E-state index contributed by atoms with van der Waals surface area (Å²) in [6, 6.07) is 6.08. The van der Waals surface area contributed by atoms with Crippen LogP contribution >= 0.6 is 24.0 Å². The fourth-order valence-corrected chi connectivity index (χ4v) is 2.29. The van der Waals surface area contributed by atoms with Crippen LogP contribution < -0.4 is 11.1 Å². The van der Waals surface area contributed by atoms with Crippen LogP contribution in [0, 0.1) is 0 Å². The fraction of sp³-hybridized carbons (Fsp3) is 0.364. The van der Waals surface area contributed by atoms with Crippen molar-refractivity contribution in [3.8, 4) is 0 Å². The number of rotatable bonds is 5. The van der Waals surface area contributed by atoms with Crippen molar-refractivity contribution in [2.45, 2.75) is 18.2 Å². The number of thioether (sulfide) groups is 1. The van der Waals surface area contributed by atoms with E-state index < -0.39 is 0 Å². The zero-order chi connectivity index (χ0) is 11.3. The van der Waals surface area contributed by atoms with Crippen LogP contribution in [0.5, 0.6) is 0 Å². The van der Waals surface area contributed by atoms with E-state index in [0.29, 0.717) is 4.99 Å². The highest BCUT2D eigenvalue weighted by molar-refractivity contribution is 7.98. The standard InChI is InChI=1S/C11H16N2S2/c1-3-7-13-8-5-4-6-9(15-2)10(8)11(12)14/h4-6,13H,3,7H2,1-2H3,(H2,12,14). The number of hydrogen-bond donors (Lipinski definition) is 2. The van der Waals surface area contributed by atoms with Gasteiger partial charge in [-0.05, 0) is 24.8 Å². The van der Waals surface area contributed by atoms with Crippen LogP contribution in [0.3, 0.4) is 0 Å². The minimum Gasteiger partial charge on any atom is -0.389 e. The average molecular weight is 240 g/mol. The van der Waals surface area contributed by atoms with Crippen LogP contribution in [0.2, 0.25) is 0 Å². The second-order valence-electron chi connectivity index (χ2n) is 3.17. The van der Waals surface area contributed by atoms with Gasteiger partial charge in [0.15, 0.2) is 0 Å². The summed E-state index contributed by atoms with van der Waals surface area (Å²) >= 11 is 6.74. The van der Waals surface area contributed by atoms with Gasteiger partial charge in [-0.2, -0.15) is 0 Å². The molecule has 0 bridgehead atoms. The molecule has 0 aromatic heterocycles. The molecule has 0 radical (unpaired) electrons. The molecule has 0 saturated heterocycles. The van der Waals surface area contributed by atoms with E-state index in [2.05, 4.69) is 12.2 Å². The third-order valence-corrected chi connectivity index (χ3v) is 3.04. The maximum Gasteiger partial charge on any atom is 0.107 e. The van der Waals surface area contributed by atoms with Gasteiger partial charge < -0.3 is 11.1 Å². The summed E-state index contributed by atoms with van der Waals surface area (Å²) in [6.07, 6.45) is 3.11. The Labute approximate surface area is 101 Å². The largest absolute Gasteiger partial charge is 0.389 e. The first-order valence-electron chi connectivity index (χ1n) is 4.91. The fourth-order valence-electron chi connectivity index (χ4n) is 1.36. The first-order valence-corrected chi connectivity index (χ1v) is 6.54. The molecule has 1 aromatic carbocycles. The molecule has 1 aromatic rings. The molecule has 0 spiro atoms. The molecule has 0 aliphatic carbocycles. The highest BCUT2D eigenvalue weighted by atomic mass is 32.2. The van der Waals surface area contributed by atoms with E-state index in [-0.39, 0.29) is 0 Å². The smallest absolute Gasteiger partial charge is 0.107 e. The predicted molar refractivity (Wildman–Crippen MR) is 72.9 cm³/mol. The molecule has 0 unspecified atom stereocenters. The summed E-state index contributed by atoms with van der Waals surface area (Å²) in [5, 5.41) is 3.34. The molecule has 2 nitrogen and oxygen atoms in total. The van der Waals surface area contributed by atoms with Gasteiger partial charge in [0, 0.05) is 22.7 Å². The molecule has 1 rings (SSSR count). The van der Waals surface area contributed by atoms with E-state index in [9.17, 15) is 0 Å². The molecule has 0 atom stereocenters. The van der Waals surface area contributed by atoms with E-state index in [1.807, 2.05) is 24.5 Å². The molecule has 0 amide bonds. The van der Waals surface area contributed by atoms with E-state index in [1.165, 1.54) is 0 Å². The number of nitrogens with one attached hydrogen (secondary N) is 1. The topological polar surface area (TPSA) is 38.0 Å². The van der Waals surface area contributed by atoms with Crippen molar-refractivity contribution in [3.63, 3.8) is 0 Å². The highest BCUT2D eigenvalue weighted by Crippen LogP contribution is 2.26. The SMILES string of the molecule is CCCNc1cccc(SC)c1C(N)=S.